The van der Waals surface area contributed by atoms with Gasteiger partial charge in [0.25, 0.3) is 0 Å². The van der Waals surface area contributed by atoms with Crippen molar-refractivity contribution in [2.45, 2.75) is 18.8 Å². The molecule has 0 fully saturated rings. The number of rotatable bonds is 3. The molecule has 0 bridgehead atoms. The number of nitrogens with one attached hydrogen (secondary N) is 1. The molecule has 1 aromatic heterocycles. The molecule has 1 aliphatic heterocycles. The Bertz CT molecular complexity index is 903. The largest absolute Gasteiger partial charge is 0.491 e. The second-order valence-electron chi connectivity index (χ2n) is 6.18. The number of aromatic nitrogens is 2. The molecule has 6 heteroatoms. The molecule has 4 nitrogen and oxygen atoms in total. The van der Waals surface area contributed by atoms with Crippen LogP contribution in [0.5, 0.6) is 5.75 Å². The van der Waals surface area contributed by atoms with E-state index in [-0.39, 0.29) is 5.92 Å². The van der Waals surface area contributed by atoms with Crippen LogP contribution in [-0.2, 0) is 0 Å². The van der Waals surface area contributed by atoms with Crippen molar-refractivity contribution in [3.8, 4) is 5.75 Å². The van der Waals surface area contributed by atoms with Gasteiger partial charge in [-0.3, -0.25) is 0 Å². The second kappa shape index (κ2) is 7.41. The Balaban J connectivity index is 1.77. The molecule has 3 aromatic rings. The fourth-order valence-corrected chi connectivity index (χ4v) is 3.75. The number of hydrogen-bond donors (Lipinski definition) is 1. The third-order valence-corrected chi connectivity index (χ3v) is 4.87. The highest BCUT2D eigenvalue weighted by Gasteiger charge is 2.24. The fraction of sp³-hybridized carbons (Fsp3) is 0.200. The molecular weight excluding hydrogens is 397 g/mol. The zero-order valence-electron chi connectivity index (χ0n) is 14.0. The van der Waals surface area contributed by atoms with Gasteiger partial charge < -0.3 is 10.1 Å². The molecule has 0 saturated carbocycles. The summed E-state index contributed by atoms with van der Waals surface area (Å²) in [6.07, 6.45) is 4.26. The van der Waals surface area contributed by atoms with Crippen LogP contribution in [-0.4, -0.2) is 16.6 Å². The Morgan fingerprint density at radius 2 is 1.88 bits per heavy atom. The minimum absolute atomic E-state index is 0.251. The molecule has 0 amide bonds. The van der Waals surface area contributed by atoms with Gasteiger partial charge in [0.2, 0.25) is 5.95 Å². The molecule has 1 N–H and O–H groups in total. The predicted octanol–water partition coefficient (Wildman–Crippen LogP) is 5.43. The van der Waals surface area contributed by atoms with Crippen LogP contribution in [0.2, 0.25) is 0 Å². The molecule has 26 heavy (non-hydrogen) atoms. The number of anilines is 2. The van der Waals surface area contributed by atoms with Gasteiger partial charge in [0.1, 0.15) is 5.75 Å². The molecule has 0 radical (unpaired) electrons. The maximum atomic E-state index is 13.1. The summed E-state index contributed by atoms with van der Waals surface area (Å²) >= 11 is 3.60. The average molecular weight is 414 g/mol. The highest BCUT2D eigenvalue weighted by molar-refractivity contribution is 9.10. The quantitative estimate of drug-likeness (QED) is 0.621. The van der Waals surface area contributed by atoms with Crippen LogP contribution in [0.1, 0.15) is 29.9 Å². The van der Waals surface area contributed by atoms with Gasteiger partial charge in [-0.15, -0.1) is 0 Å². The van der Waals surface area contributed by atoms with Gasteiger partial charge in [-0.1, -0.05) is 46.3 Å². The van der Waals surface area contributed by atoms with Crippen LogP contribution < -0.4 is 10.1 Å². The summed E-state index contributed by atoms with van der Waals surface area (Å²) in [5.41, 5.74) is 3.15. The molecule has 4 rings (SSSR count). The van der Waals surface area contributed by atoms with Gasteiger partial charge in [0.15, 0.2) is 5.82 Å². The summed E-state index contributed by atoms with van der Waals surface area (Å²) in [5, 5.41) is 3.16. The van der Waals surface area contributed by atoms with Crippen molar-refractivity contribution in [3.63, 3.8) is 0 Å². The first kappa shape index (κ1) is 17.0. The summed E-state index contributed by atoms with van der Waals surface area (Å²) in [4.78, 5) is 7.97. The maximum absolute atomic E-state index is 13.1. The van der Waals surface area contributed by atoms with E-state index in [1.54, 1.807) is 0 Å². The third kappa shape index (κ3) is 3.55. The fourth-order valence-electron chi connectivity index (χ4n) is 3.27. The normalized spacial score (nSPS) is 16.3. The Labute approximate surface area is 159 Å². The smallest absolute Gasteiger partial charge is 0.227 e. The predicted molar refractivity (Wildman–Crippen MR) is 102 cm³/mol. The number of benzene rings is 2. The Morgan fingerprint density at radius 3 is 2.65 bits per heavy atom. The van der Waals surface area contributed by atoms with Crippen LogP contribution in [0, 0.1) is 5.82 Å². The van der Waals surface area contributed by atoms with Crippen molar-refractivity contribution in [2.75, 3.05) is 11.9 Å². The van der Waals surface area contributed by atoms with E-state index in [1.807, 2.05) is 12.1 Å². The van der Waals surface area contributed by atoms with Crippen molar-refractivity contribution in [2.24, 2.45) is 0 Å². The van der Waals surface area contributed by atoms with Gasteiger partial charge in [0, 0.05) is 16.0 Å². The monoisotopic (exact) mass is 413 g/mol. The zero-order chi connectivity index (χ0) is 17.9. The number of hydrogen-bond acceptors (Lipinski definition) is 4. The Morgan fingerprint density at radius 1 is 1.12 bits per heavy atom. The lowest BCUT2D eigenvalue weighted by atomic mass is 9.87. The molecule has 2 aromatic carbocycles. The zero-order valence-corrected chi connectivity index (χ0v) is 15.5. The van der Waals surface area contributed by atoms with Crippen molar-refractivity contribution in [1.29, 1.82) is 0 Å². The van der Waals surface area contributed by atoms with Gasteiger partial charge in [0.05, 0.1) is 24.7 Å². The summed E-state index contributed by atoms with van der Waals surface area (Å²) in [7, 11) is 0. The highest BCUT2D eigenvalue weighted by atomic mass is 79.9. The van der Waals surface area contributed by atoms with Crippen LogP contribution in [0.3, 0.4) is 0 Å². The van der Waals surface area contributed by atoms with Crippen molar-refractivity contribution in [3.05, 3.63) is 76.3 Å². The molecule has 1 atom stereocenters. The molecule has 0 aliphatic carbocycles. The van der Waals surface area contributed by atoms with Gasteiger partial charge in [-0.05, 0) is 30.5 Å². The SMILES string of the molecule is Fc1cnc(Nc2cc(Br)cc3c2OCCCC3c2ccccc2)nc1. The molecule has 1 unspecified atom stereocenters. The topological polar surface area (TPSA) is 47.0 Å². The van der Waals surface area contributed by atoms with Gasteiger partial charge >= 0.3 is 0 Å². The van der Waals surface area contributed by atoms with Crippen molar-refractivity contribution in [1.82, 2.24) is 9.97 Å². The van der Waals surface area contributed by atoms with Gasteiger partial charge in [-0.25, -0.2) is 14.4 Å². The molecule has 0 saturated heterocycles. The van der Waals surface area contributed by atoms with E-state index >= 15 is 0 Å². The van der Waals surface area contributed by atoms with E-state index < -0.39 is 5.82 Å². The second-order valence-corrected chi connectivity index (χ2v) is 7.09. The summed E-state index contributed by atoms with van der Waals surface area (Å²) in [5.74, 6) is 0.910. The first-order chi connectivity index (χ1) is 12.7. The lowest BCUT2D eigenvalue weighted by Crippen LogP contribution is -2.04. The molecule has 132 valence electrons. The summed E-state index contributed by atoms with van der Waals surface area (Å²) in [6.45, 7) is 0.650. The van der Waals surface area contributed by atoms with Crippen molar-refractivity contribution < 1.29 is 9.13 Å². The minimum Gasteiger partial charge on any atom is -0.491 e. The van der Waals surface area contributed by atoms with Gasteiger partial charge in [-0.2, -0.15) is 0 Å². The Hall–Kier alpha value is -2.47. The summed E-state index contributed by atoms with van der Waals surface area (Å²) < 4.78 is 20.1. The molecule has 1 aliphatic rings. The number of halogens is 2. The molecule has 0 spiro atoms. The number of fused-ring (bicyclic) bond motifs is 1. The molecule has 2 heterocycles. The van der Waals surface area contributed by atoms with Crippen LogP contribution in [0.25, 0.3) is 0 Å². The standard InChI is InChI=1S/C20H17BrFN3O/c21-14-9-17-16(13-5-2-1-3-6-13)7-4-8-26-19(17)18(10-14)25-20-23-11-15(22)12-24-20/h1-3,5-6,9-12,16H,4,7-8H2,(H,23,24,25). The minimum atomic E-state index is -0.469. The van der Waals surface area contributed by atoms with E-state index in [1.165, 1.54) is 5.56 Å². The van der Waals surface area contributed by atoms with E-state index in [0.717, 1.165) is 46.7 Å². The number of nitrogens with zero attached hydrogens (tertiary/aromatic N) is 2. The van der Waals surface area contributed by atoms with E-state index in [2.05, 4.69) is 61.5 Å². The van der Waals surface area contributed by atoms with E-state index in [4.69, 9.17) is 4.74 Å². The maximum Gasteiger partial charge on any atom is 0.227 e. The Kier molecular flexibility index (Phi) is 4.84. The number of ether oxygens (including phenoxy) is 1. The summed E-state index contributed by atoms with van der Waals surface area (Å²) in [6, 6.07) is 14.5. The highest BCUT2D eigenvalue weighted by Crippen LogP contribution is 2.44. The first-order valence-corrected chi connectivity index (χ1v) is 9.26. The van der Waals surface area contributed by atoms with E-state index in [0.29, 0.717) is 12.6 Å². The van der Waals surface area contributed by atoms with Crippen LogP contribution >= 0.6 is 15.9 Å². The lowest BCUT2D eigenvalue weighted by molar-refractivity contribution is 0.318. The lowest BCUT2D eigenvalue weighted by Gasteiger charge is -2.20. The van der Waals surface area contributed by atoms with Crippen LogP contribution in [0.15, 0.2) is 59.3 Å². The van der Waals surface area contributed by atoms with E-state index in [9.17, 15) is 4.39 Å². The average Bonchev–Trinajstić information content (AvgIpc) is 2.87. The van der Waals surface area contributed by atoms with Crippen molar-refractivity contribution >= 4 is 27.6 Å². The van der Waals surface area contributed by atoms with Crippen LogP contribution in [0.4, 0.5) is 16.0 Å². The first-order valence-electron chi connectivity index (χ1n) is 8.46. The third-order valence-electron chi connectivity index (χ3n) is 4.41. The molecular formula is C20H17BrFN3O.